The van der Waals surface area contributed by atoms with E-state index in [1.807, 2.05) is 36.2 Å². The highest BCUT2D eigenvalue weighted by molar-refractivity contribution is 9.10. The Kier molecular flexibility index (Phi) is 6.79. The molecule has 2 aromatic rings. The van der Waals surface area contributed by atoms with Crippen molar-refractivity contribution < 1.29 is 9.53 Å². The molecule has 2 rings (SSSR count). The molecule has 2 aromatic carbocycles. The molecule has 124 valence electrons. The fourth-order valence-electron chi connectivity index (χ4n) is 2.01. The van der Waals surface area contributed by atoms with Gasteiger partial charge in [0.2, 0.25) is 5.91 Å². The molecule has 0 saturated carbocycles. The van der Waals surface area contributed by atoms with Crippen molar-refractivity contribution in [3.05, 3.63) is 53.0 Å². The van der Waals surface area contributed by atoms with E-state index >= 15 is 0 Å². The zero-order valence-corrected chi connectivity index (χ0v) is 14.9. The highest BCUT2D eigenvalue weighted by Crippen LogP contribution is 2.24. The molecule has 0 heterocycles. The van der Waals surface area contributed by atoms with Gasteiger partial charge in [0.1, 0.15) is 11.5 Å². The molecule has 0 fully saturated rings. The van der Waals surface area contributed by atoms with Gasteiger partial charge in [0, 0.05) is 23.1 Å². The first-order valence-electron chi connectivity index (χ1n) is 7.45. The van der Waals surface area contributed by atoms with Crippen LogP contribution in [0.3, 0.4) is 0 Å². The maximum Gasteiger partial charge on any atom is 0.238 e. The zero-order chi connectivity index (χ0) is 17.4. The standard InChI is InChI=1S/C18H18BrN3O2/c1-22(12-2-11-20)13-18(23)21-15-5-9-17(10-6-15)24-16-7-3-14(19)4-8-16/h3-10H,2,12-13H2,1H3,(H,21,23). The van der Waals surface area contributed by atoms with Gasteiger partial charge < -0.3 is 10.1 Å². The van der Waals surface area contributed by atoms with Crippen LogP contribution in [0.4, 0.5) is 5.69 Å². The van der Waals surface area contributed by atoms with Crippen molar-refractivity contribution in [1.29, 1.82) is 5.26 Å². The fraction of sp³-hybridized carbons (Fsp3) is 0.222. The average molecular weight is 388 g/mol. The lowest BCUT2D eigenvalue weighted by Gasteiger charge is -2.14. The number of anilines is 1. The summed E-state index contributed by atoms with van der Waals surface area (Å²) in [4.78, 5) is 13.7. The van der Waals surface area contributed by atoms with Crippen molar-refractivity contribution in [2.24, 2.45) is 0 Å². The summed E-state index contributed by atoms with van der Waals surface area (Å²) in [7, 11) is 1.81. The Balaban J connectivity index is 1.86. The van der Waals surface area contributed by atoms with Crippen LogP contribution in [-0.4, -0.2) is 30.9 Å². The minimum Gasteiger partial charge on any atom is -0.457 e. The van der Waals surface area contributed by atoms with Gasteiger partial charge in [0.15, 0.2) is 0 Å². The number of ether oxygens (including phenoxy) is 1. The van der Waals surface area contributed by atoms with Gasteiger partial charge in [-0.3, -0.25) is 9.69 Å². The molecule has 5 nitrogen and oxygen atoms in total. The molecular weight excluding hydrogens is 370 g/mol. The summed E-state index contributed by atoms with van der Waals surface area (Å²) in [5.74, 6) is 1.33. The highest BCUT2D eigenvalue weighted by Gasteiger charge is 2.07. The van der Waals surface area contributed by atoms with E-state index in [1.54, 1.807) is 24.3 Å². The van der Waals surface area contributed by atoms with Crippen molar-refractivity contribution in [2.75, 3.05) is 25.5 Å². The Hall–Kier alpha value is -2.36. The zero-order valence-electron chi connectivity index (χ0n) is 13.3. The number of rotatable bonds is 7. The van der Waals surface area contributed by atoms with Gasteiger partial charge in [-0.15, -0.1) is 0 Å². The Morgan fingerprint density at radius 2 is 1.75 bits per heavy atom. The van der Waals surface area contributed by atoms with E-state index in [0.717, 1.165) is 10.2 Å². The number of likely N-dealkylation sites (N-methyl/N-ethyl adjacent to an activating group) is 1. The molecule has 0 aliphatic heterocycles. The Morgan fingerprint density at radius 3 is 2.33 bits per heavy atom. The quantitative estimate of drug-likeness (QED) is 0.778. The molecule has 0 spiro atoms. The van der Waals surface area contributed by atoms with E-state index in [0.29, 0.717) is 24.4 Å². The van der Waals surface area contributed by atoms with Crippen molar-refractivity contribution >= 4 is 27.5 Å². The third-order valence-corrected chi connectivity index (χ3v) is 3.73. The molecular formula is C18H18BrN3O2. The van der Waals surface area contributed by atoms with Gasteiger partial charge in [0.25, 0.3) is 0 Å². The van der Waals surface area contributed by atoms with Gasteiger partial charge in [0.05, 0.1) is 12.6 Å². The Bertz CT molecular complexity index is 709. The predicted molar refractivity (Wildman–Crippen MR) is 97.0 cm³/mol. The number of hydrogen-bond donors (Lipinski definition) is 1. The molecule has 0 atom stereocenters. The molecule has 6 heteroatoms. The molecule has 0 bridgehead atoms. The van der Waals surface area contributed by atoms with Crippen LogP contribution in [0.2, 0.25) is 0 Å². The number of benzene rings is 2. The number of hydrogen-bond acceptors (Lipinski definition) is 4. The van der Waals surface area contributed by atoms with Gasteiger partial charge in [-0.2, -0.15) is 5.26 Å². The van der Waals surface area contributed by atoms with Crippen LogP contribution >= 0.6 is 15.9 Å². The molecule has 0 saturated heterocycles. The van der Waals surface area contributed by atoms with Gasteiger partial charge >= 0.3 is 0 Å². The number of nitriles is 1. The van der Waals surface area contributed by atoms with Crippen molar-refractivity contribution in [1.82, 2.24) is 4.90 Å². The molecule has 0 unspecified atom stereocenters. The number of nitrogens with one attached hydrogen (secondary N) is 1. The molecule has 0 aliphatic carbocycles. The van der Waals surface area contributed by atoms with Crippen LogP contribution < -0.4 is 10.1 Å². The average Bonchev–Trinajstić information content (AvgIpc) is 2.57. The number of carbonyl (C=O) groups excluding carboxylic acids is 1. The van der Waals surface area contributed by atoms with Crippen LogP contribution in [-0.2, 0) is 4.79 Å². The van der Waals surface area contributed by atoms with E-state index in [-0.39, 0.29) is 12.5 Å². The van der Waals surface area contributed by atoms with Crippen LogP contribution in [0.1, 0.15) is 6.42 Å². The SMILES string of the molecule is CN(CCC#N)CC(=O)Nc1ccc(Oc2ccc(Br)cc2)cc1. The largest absolute Gasteiger partial charge is 0.457 e. The molecule has 0 aromatic heterocycles. The summed E-state index contributed by atoms with van der Waals surface area (Å²) >= 11 is 3.38. The third-order valence-electron chi connectivity index (χ3n) is 3.21. The lowest BCUT2D eigenvalue weighted by Crippen LogP contribution is -2.30. The Morgan fingerprint density at radius 1 is 1.17 bits per heavy atom. The lowest BCUT2D eigenvalue weighted by molar-refractivity contribution is -0.117. The lowest BCUT2D eigenvalue weighted by atomic mass is 10.3. The highest BCUT2D eigenvalue weighted by atomic mass is 79.9. The van der Waals surface area contributed by atoms with Crippen LogP contribution in [0.25, 0.3) is 0 Å². The summed E-state index contributed by atoms with van der Waals surface area (Å²) < 4.78 is 6.72. The molecule has 1 N–H and O–H groups in total. The predicted octanol–water partition coefficient (Wildman–Crippen LogP) is 4.03. The van der Waals surface area contributed by atoms with Crippen molar-refractivity contribution in [2.45, 2.75) is 6.42 Å². The van der Waals surface area contributed by atoms with Crippen molar-refractivity contribution in [3.63, 3.8) is 0 Å². The van der Waals surface area contributed by atoms with E-state index in [1.165, 1.54) is 0 Å². The second kappa shape index (κ2) is 9.06. The topological polar surface area (TPSA) is 65.4 Å². The molecule has 24 heavy (non-hydrogen) atoms. The Labute approximate surface area is 150 Å². The fourth-order valence-corrected chi connectivity index (χ4v) is 2.27. The van der Waals surface area contributed by atoms with E-state index in [4.69, 9.17) is 10.00 Å². The first-order valence-corrected chi connectivity index (χ1v) is 8.25. The maximum absolute atomic E-state index is 11.9. The first kappa shape index (κ1) is 18.0. The molecule has 0 aliphatic rings. The smallest absolute Gasteiger partial charge is 0.238 e. The van der Waals surface area contributed by atoms with Gasteiger partial charge in [-0.25, -0.2) is 0 Å². The van der Waals surface area contributed by atoms with E-state index < -0.39 is 0 Å². The van der Waals surface area contributed by atoms with Crippen LogP contribution in [0.5, 0.6) is 11.5 Å². The number of nitrogens with zero attached hydrogens (tertiary/aromatic N) is 2. The minimum atomic E-state index is -0.114. The monoisotopic (exact) mass is 387 g/mol. The summed E-state index contributed by atoms with van der Waals surface area (Å²) in [5.41, 5.74) is 0.705. The van der Waals surface area contributed by atoms with E-state index in [9.17, 15) is 4.79 Å². The maximum atomic E-state index is 11.9. The van der Waals surface area contributed by atoms with E-state index in [2.05, 4.69) is 27.3 Å². The molecule has 0 radical (unpaired) electrons. The number of carbonyl (C=O) groups is 1. The third kappa shape index (κ3) is 6.03. The number of halogens is 1. The molecule has 1 amide bonds. The summed E-state index contributed by atoms with van der Waals surface area (Å²) in [5, 5.41) is 11.4. The van der Waals surface area contributed by atoms with Gasteiger partial charge in [-0.05, 0) is 55.6 Å². The summed E-state index contributed by atoms with van der Waals surface area (Å²) in [6, 6.07) is 16.8. The second-order valence-corrected chi connectivity index (χ2v) is 6.19. The minimum absolute atomic E-state index is 0.114. The summed E-state index contributed by atoms with van der Waals surface area (Å²) in [6.45, 7) is 0.822. The number of amides is 1. The summed E-state index contributed by atoms with van der Waals surface area (Å²) in [6.07, 6.45) is 0.409. The normalized spacial score (nSPS) is 10.2. The van der Waals surface area contributed by atoms with Crippen LogP contribution in [0, 0.1) is 11.3 Å². The van der Waals surface area contributed by atoms with Crippen LogP contribution in [0.15, 0.2) is 53.0 Å². The van der Waals surface area contributed by atoms with Gasteiger partial charge in [-0.1, -0.05) is 15.9 Å². The van der Waals surface area contributed by atoms with Crippen molar-refractivity contribution in [3.8, 4) is 17.6 Å². The first-order chi connectivity index (χ1) is 11.6. The second-order valence-electron chi connectivity index (χ2n) is 5.27.